The molecule has 1 amide bonds. The number of carbonyl (C=O) groups is 1. The van der Waals surface area contributed by atoms with Crippen molar-refractivity contribution in [1.29, 1.82) is 0 Å². The molecule has 1 fully saturated rings. The first kappa shape index (κ1) is 14.1. The molecule has 4 heteroatoms. The minimum Gasteiger partial charge on any atom is -0.341 e. The molecule has 4 nitrogen and oxygen atoms in total. The van der Waals surface area contributed by atoms with Gasteiger partial charge in [-0.15, -0.1) is 0 Å². The van der Waals surface area contributed by atoms with Gasteiger partial charge in [0.25, 0.3) is 0 Å². The molecule has 1 aromatic heterocycles. The van der Waals surface area contributed by atoms with Crippen molar-refractivity contribution in [1.82, 2.24) is 14.8 Å². The van der Waals surface area contributed by atoms with Crippen LogP contribution in [0, 0.1) is 5.92 Å². The van der Waals surface area contributed by atoms with Gasteiger partial charge in [-0.3, -0.25) is 4.79 Å². The molecular weight excluding hydrogens is 238 g/mol. The summed E-state index contributed by atoms with van der Waals surface area (Å²) in [5.41, 5.74) is 1.18. The van der Waals surface area contributed by atoms with Crippen LogP contribution in [-0.2, 0) is 17.9 Å². The van der Waals surface area contributed by atoms with E-state index in [-0.39, 0.29) is 5.91 Å². The van der Waals surface area contributed by atoms with Gasteiger partial charge in [0.05, 0.1) is 0 Å². The number of hydrogen-bond acceptors (Lipinski definition) is 2. The van der Waals surface area contributed by atoms with Crippen LogP contribution < -0.4 is 5.32 Å². The summed E-state index contributed by atoms with van der Waals surface area (Å²) in [7, 11) is 1.92. The summed E-state index contributed by atoms with van der Waals surface area (Å²) in [6.07, 6.45) is 4.32. The number of likely N-dealkylation sites (N-methyl/N-ethyl adjacent to an activating group) is 1. The summed E-state index contributed by atoms with van der Waals surface area (Å²) in [4.78, 5) is 14.0. The molecule has 0 unspecified atom stereocenters. The molecule has 0 radical (unpaired) electrons. The fourth-order valence-corrected chi connectivity index (χ4v) is 2.18. The summed E-state index contributed by atoms with van der Waals surface area (Å²) < 4.78 is 2.05. The first-order valence-electron chi connectivity index (χ1n) is 7.18. The zero-order chi connectivity index (χ0) is 13.8. The van der Waals surface area contributed by atoms with Crippen LogP contribution in [-0.4, -0.2) is 35.0 Å². The van der Waals surface area contributed by atoms with Crippen molar-refractivity contribution < 1.29 is 4.79 Å². The largest absolute Gasteiger partial charge is 0.341 e. The van der Waals surface area contributed by atoms with Crippen molar-refractivity contribution in [2.75, 3.05) is 13.6 Å². The Morgan fingerprint density at radius 2 is 2.26 bits per heavy atom. The van der Waals surface area contributed by atoms with E-state index in [0.29, 0.717) is 18.5 Å². The van der Waals surface area contributed by atoms with Gasteiger partial charge in [0.15, 0.2) is 0 Å². The van der Waals surface area contributed by atoms with Gasteiger partial charge in [-0.25, -0.2) is 0 Å². The van der Waals surface area contributed by atoms with E-state index in [1.807, 2.05) is 24.2 Å². The third kappa shape index (κ3) is 4.10. The lowest BCUT2D eigenvalue weighted by atomic mass is 10.2. The molecule has 19 heavy (non-hydrogen) atoms. The lowest BCUT2D eigenvalue weighted by Crippen LogP contribution is -2.32. The topological polar surface area (TPSA) is 37.3 Å². The molecular formula is C15H25N3O. The van der Waals surface area contributed by atoms with Crippen molar-refractivity contribution in [2.45, 2.75) is 45.8 Å². The van der Waals surface area contributed by atoms with Crippen LogP contribution in [0.1, 0.15) is 32.4 Å². The fraction of sp³-hybridized carbons (Fsp3) is 0.667. The minimum absolute atomic E-state index is 0.212. The summed E-state index contributed by atoms with van der Waals surface area (Å²) >= 11 is 0. The SMILES string of the molecule is CC(C)CNCc1cccn1CC(=O)N(C)C1CC1. The van der Waals surface area contributed by atoms with Gasteiger partial charge >= 0.3 is 0 Å². The maximum Gasteiger partial charge on any atom is 0.242 e. The van der Waals surface area contributed by atoms with Gasteiger partial charge in [0, 0.05) is 31.5 Å². The predicted molar refractivity (Wildman–Crippen MR) is 76.8 cm³/mol. The van der Waals surface area contributed by atoms with Crippen LogP contribution in [0.3, 0.4) is 0 Å². The molecule has 0 aromatic carbocycles. The van der Waals surface area contributed by atoms with Crippen molar-refractivity contribution >= 4 is 5.91 Å². The third-order valence-corrected chi connectivity index (χ3v) is 3.58. The van der Waals surface area contributed by atoms with Crippen molar-refractivity contribution in [3.05, 3.63) is 24.0 Å². The molecule has 0 aliphatic heterocycles. The molecule has 0 atom stereocenters. The Morgan fingerprint density at radius 3 is 2.89 bits per heavy atom. The third-order valence-electron chi connectivity index (χ3n) is 3.58. The van der Waals surface area contributed by atoms with Crippen molar-refractivity contribution in [3.63, 3.8) is 0 Å². The number of aromatic nitrogens is 1. The molecule has 0 spiro atoms. The maximum absolute atomic E-state index is 12.1. The molecule has 106 valence electrons. The zero-order valence-corrected chi connectivity index (χ0v) is 12.2. The van der Waals surface area contributed by atoms with Gasteiger partial charge in [0.1, 0.15) is 6.54 Å². The average molecular weight is 263 g/mol. The summed E-state index contributed by atoms with van der Waals surface area (Å²) in [6, 6.07) is 4.58. The van der Waals surface area contributed by atoms with E-state index in [1.54, 1.807) is 0 Å². The molecule has 1 saturated carbocycles. The normalized spacial score (nSPS) is 14.9. The Morgan fingerprint density at radius 1 is 1.53 bits per heavy atom. The second kappa shape index (κ2) is 6.24. The van der Waals surface area contributed by atoms with Crippen LogP contribution >= 0.6 is 0 Å². The molecule has 1 N–H and O–H groups in total. The highest BCUT2D eigenvalue weighted by Gasteiger charge is 2.29. The lowest BCUT2D eigenvalue weighted by Gasteiger charge is -2.18. The van der Waals surface area contributed by atoms with E-state index in [4.69, 9.17) is 0 Å². The van der Waals surface area contributed by atoms with Gasteiger partial charge in [-0.2, -0.15) is 0 Å². The molecule has 1 aliphatic carbocycles. The van der Waals surface area contributed by atoms with Gasteiger partial charge in [-0.05, 0) is 37.4 Å². The Kier molecular flexibility index (Phi) is 4.64. The van der Waals surface area contributed by atoms with E-state index in [9.17, 15) is 4.79 Å². The average Bonchev–Trinajstić information content (AvgIpc) is 3.11. The lowest BCUT2D eigenvalue weighted by molar-refractivity contribution is -0.131. The fourth-order valence-electron chi connectivity index (χ4n) is 2.18. The first-order valence-corrected chi connectivity index (χ1v) is 7.18. The number of hydrogen-bond donors (Lipinski definition) is 1. The van der Waals surface area contributed by atoms with Crippen molar-refractivity contribution in [2.24, 2.45) is 5.92 Å². The van der Waals surface area contributed by atoms with Crippen LogP contribution in [0.2, 0.25) is 0 Å². The van der Waals surface area contributed by atoms with E-state index in [1.165, 1.54) is 5.69 Å². The number of nitrogens with one attached hydrogen (secondary N) is 1. The Bertz CT molecular complexity index is 421. The number of nitrogens with zero attached hydrogens (tertiary/aromatic N) is 2. The predicted octanol–water partition coefficient (Wildman–Crippen LogP) is 1.85. The van der Waals surface area contributed by atoms with E-state index < -0.39 is 0 Å². The monoisotopic (exact) mass is 263 g/mol. The maximum atomic E-state index is 12.1. The summed E-state index contributed by atoms with van der Waals surface area (Å²) in [5, 5.41) is 3.42. The van der Waals surface area contributed by atoms with Crippen LogP contribution in [0.25, 0.3) is 0 Å². The molecule has 1 aliphatic rings. The smallest absolute Gasteiger partial charge is 0.242 e. The van der Waals surface area contributed by atoms with E-state index >= 15 is 0 Å². The Balaban J connectivity index is 1.86. The summed E-state index contributed by atoms with van der Waals surface area (Å²) in [6.45, 7) is 6.67. The van der Waals surface area contributed by atoms with Crippen LogP contribution in [0.4, 0.5) is 0 Å². The quantitative estimate of drug-likeness (QED) is 0.815. The highest BCUT2D eigenvalue weighted by atomic mass is 16.2. The first-order chi connectivity index (χ1) is 9.08. The molecule has 1 aromatic rings. The second-order valence-electron chi connectivity index (χ2n) is 5.89. The molecule has 2 rings (SSSR count). The summed E-state index contributed by atoms with van der Waals surface area (Å²) in [5.74, 6) is 0.856. The molecule has 1 heterocycles. The van der Waals surface area contributed by atoms with Gasteiger partial charge in [0.2, 0.25) is 5.91 Å². The minimum atomic E-state index is 0.212. The van der Waals surface area contributed by atoms with E-state index in [0.717, 1.165) is 25.9 Å². The van der Waals surface area contributed by atoms with Crippen molar-refractivity contribution in [3.8, 4) is 0 Å². The van der Waals surface area contributed by atoms with Crippen LogP contribution in [0.15, 0.2) is 18.3 Å². The highest BCUT2D eigenvalue weighted by Crippen LogP contribution is 2.25. The zero-order valence-electron chi connectivity index (χ0n) is 12.2. The number of carbonyl (C=O) groups excluding carboxylic acids is 1. The number of amides is 1. The Labute approximate surface area is 115 Å². The van der Waals surface area contributed by atoms with Crippen LogP contribution in [0.5, 0.6) is 0 Å². The van der Waals surface area contributed by atoms with E-state index in [2.05, 4.69) is 29.8 Å². The van der Waals surface area contributed by atoms with Gasteiger partial charge < -0.3 is 14.8 Å². The Hall–Kier alpha value is -1.29. The van der Waals surface area contributed by atoms with Gasteiger partial charge in [-0.1, -0.05) is 13.8 Å². The number of rotatable bonds is 7. The highest BCUT2D eigenvalue weighted by molar-refractivity contribution is 5.76. The second-order valence-corrected chi connectivity index (χ2v) is 5.89. The standard InChI is InChI=1S/C15H25N3O/c1-12(2)9-16-10-14-5-4-8-18(14)11-15(19)17(3)13-6-7-13/h4-5,8,12-13,16H,6-7,9-11H2,1-3H3. The molecule has 0 bridgehead atoms. The molecule has 0 saturated heterocycles.